The maximum Gasteiger partial charge on any atom is 0.0732 e. The summed E-state index contributed by atoms with van der Waals surface area (Å²) in [6.07, 6.45) is 0. The number of hydrogen-bond acceptors (Lipinski definition) is 1. The number of anilines is 3. The van der Waals surface area contributed by atoms with E-state index in [1.807, 2.05) is 0 Å². The van der Waals surface area contributed by atoms with Gasteiger partial charge in [-0.25, -0.2) is 0 Å². The van der Waals surface area contributed by atoms with Crippen LogP contribution < -0.4 is 4.90 Å². The van der Waals surface area contributed by atoms with Gasteiger partial charge in [-0.05, 0) is 157 Å². The topological polar surface area (TPSA) is 3.24 Å². The molecule has 0 fully saturated rings. The van der Waals surface area contributed by atoms with E-state index in [9.17, 15) is 0 Å². The molecule has 1 nitrogen and oxygen atoms in total. The smallest absolute Gasteiger partial charge is 0.0732 e. The minimum atomic E-state index is -0.594. The minimum absolute atomic E-state index is 0.0295. The van der Waals surface area contributed by atoms with E-state index >= 15 is 0 Å². The Hall–Kier alpha value is -9.30. The molecule has 0 atom stereocenters. The van der Waals surface area contributed by atoms with Gasteiger partial charge in [0.25, 0.3) is 0 Å². The average Bonchev–Trinajstić information content (AvgIpc) is 4.32. The summed E-state index contributed by atoms with van der Waals surface area (Å²) in [5, 5.41) is 10.1. The molecule has 0 aliphatic heterocycles. The molecule has 0 N–H and O–H groups in total. The Morgan fingerprint density at radius 2 is 0.623 bits per heavy atom. The third kappa shape index (κ3) is 5.34. The SMILES string of the molecule is CC(C)(C)c1ccc(N(c2cc3c(c4ccccc24)-c2ccc4ccccc4c2C32c3ccccc3-c3ccccc32)c2cc3c(c4ccccc24)-c2ccc4ccccc4c2C32c3ccccc3-c3ccccc32)cc1. The Kier molecular flexibility index (Phi) is 8.48. The average molecular weight is 978 g/mol. The standard InChI is InChI=1S/C76H51N/c1-74(2,3)48-38-40-49(41-39-48)77(68-44-66-70(58-30-10-8-28-56(58)68)60-42-36-46-20-4-6-22-50(46)72(60)75(66)62-32-16-12-24-52(62)53-25-13-17-33-63(53)75)69-45-67-71(59-31-11-9-29-57(59)69)61-43-37-47-21-5-7-23-51(47)73(61)76(67)64-34-18-14-26-54(64)55-27-15-19-35-65(55)76/h4-45H,1-3H3. The predicted octanol–water partition coefficient (Wildman–Crippen LogP) is 19.8. The van der Waals surface area contributed by atoms with Crippen LogP contribution in [0.15, 0.2) is 255 Å². The van der Waals surface area contributed by atoms with E-state index in [0.717, 1.165) is 17.1 Å². The first-order valence-corrected chi connectivity index (χ1v) is 27.3. The van der Waals surface area contributed by atoms with Crippen LogP contribution in [0.1, 0.15) is 70.8 Å². The van der Waals surface area contributed by atoms with Gasteiger partial charge >= 0.3 is 0 Å². The van der Waals surface area contributed by atoms with E-state index in [2.05, 4.69) is 280 Å². The van der Waals surface area contributed by atoms with Gasteiger partial charge in [-0.3, -0.25) is 0 Å². The van der Waals surface area contributed by atoms with Crippen LogP contribution in [-0.2, 0) is 16.2 Å². The van der Waals surface area contributed by atoms with E-state index in [4.69, 9.17) is 0 Å². The lowest BCUT2D eigenvalue weighted by Gasteiger charge is -2.35. The summed E-state index contributed by atoms with van der Waals surface area (Å²) in [6.45, 7) is 6.95. The monoisotopic (exact) mass is 977 g/mol. The van der Waals surface area contributed by atoms with Gasteiger partial charge in [-0.2, -0.15) is 0 Å². The van der Waals surface area contributed by atoms with Gasteiger partial charge in [0.1, 0.15) is 0 Å². The lowest BCUT2D eigenvalue weighted by atomic mass is 9.69. The van der Waals surface area contributed by atoms with Crippen molar-refractivity contribution in [2.24, 2.45) is 0 Å². The highest BCUT2D eigenvalue weighted by molar-refractivity contribution is 6.18. The number of rotatable bonds is 3. The van der Waals surface area contributed by atoms with Crippen molar-refractivity contribution in [3.05, 3.63) is 305 Å². The Labute approximate surface area is 449 Å². The molecule has 0 amide bonds. The molecular formula is C76H51N. The van der Waals surface area contributed by atoms with E-state index < -0.39 is 10.8 Å². The van der Waals surface area contributed by atoms with Crippen molar-refractivity contribution in [3.63, 3.8) is 0 Å². The van der Waals surface area contributed by atoms with Crippen LogP contribution in [0.4, 0.5) is 17.1 Å². The van der Waals surface area contributed by atoms with Crippen LogP contribution in [0.5, 0.6) is 0 Å². The van der Waals surface area contributed by atoms with E-state index in [-0.39, 0.29) is 5.41 Å². The Bertz CT molecular complexity index is 4370. The molecule has 0 aromatic heterocycles. The zero-order valence-corrected chi connectivity index (χ0v) is 43.2. The lowest BCUT2D eigenvalue weighted by molar-refractivity contribution is 0.590. The van der Waals surface area contributed by atoms with Gasteiger partial charge in [0.05, 0.1) is 22.2 Å². The summed E-state index contributed by atoms with van der Waals surface area (Å²) in [7, 11) is 0. The fourth-order valence-corrected chi connectivity index (χ4v) is 15.4. The summed E-state index contributed by atoms with van der Waals surface area (Å²) >= 11 is 0. The van der Waals surface area contributed by atoms with Gasteiger partial charge in [-0.15, -0.1) is 0 Å². The maximum absolute atomic E-state index is 2.65. The molecule has 0 bridgehead atoms. The molecule has 360 valence electrons. The molecule has 0 unspecified atom stereocenters. The third-order valence-corrected chi connectivity index (χ3v) is 18.4. The van der Waals surface area contributed by atoms with Crippen molar-refractivity contribution in [2.75, 3.05) is 4.90 Å². The highest BCUT2D eigenvalue weighted by atomic mass is 15.1. The maximum atomic E-state index is 2.65. The molecule has 77 heavy (non-hydrogen) atoms. The first kappa shape index (κ1) is 43.0. The first-order chi connectivity index (χ1) is 37.9. The number of hydrogen-bond donors (Lipinski definition) is 0. The van der Waals surface area contributed by atoms with Gasteiger partial charge in [-0.1, -0.05) is 251 Å². The minimum Gasteiger partial charge on any atom is -0.309 e. The second-order valence-electron chi connectivity index (χ2n) is 23.0. The largest absolute Gasteiger partial charge is 0.309 e. The molecule has 0 radical (unpaired) electrons. The van der Waals surface area contributed by atoms with Crippen LogP contribution in [-0.4, -0.2) is 0 Å². The van der Waals surface area contributed by atoms with Gasteiger partial charge in [0, 0.05) is 16.5 Å². The van der Waals surface area contributed by atoms with Crippen LogP contribution in [0.25, 0.3) is 87.6 Å². The summed E-state index contributed by atoms with van der Waals surface area (Å²) in [6, 6.07) is 98.0. The zero-order valence-electron chi connectivity index (χ0n) is 43.2. The number of benzene rings is 13. The highest BCUT2D eigenvalue weighted by Gasteiger charge is 2.55. The Morgan fingerprint density at radius 3 is 1.01 bits per heavy atom. The summed E-state index contributed by atoms with van der Waals surface area (Å²) in [5.74, 6) is 0. The van der Waals surface area contributed by atoms with Crippen LogP contribution in [0, 0.1) is 0 Å². The van der Waals surface area contributed by atoms with Gasteiger partial charge in [0.15, 0.2) is 0 Å². The normalized spacial score (nSPS) is 14.4. The first-order valence-electron chi connectivity index (χ1n) is 27.3. The third-order valence-electron chi connectivity index (χ3n) is 18.4. The van der Waals surface area contributed by atoms with Crippen LogP contribution in [0.3, 0.4) is 0 Å². The van der Waals surface area contributed by atoms with Crippen molar-refractivity contribution in [1.29, 1.82) is 0 Å². The molecule has 2 spiro atoms. The summed E-state index contributed by atoms with van der Waals surface area (Å²) in [4.78, 5) is 2.65. The lowest BCUT2D eigenvalue weighted by Crippen LogP contribution is -2.27. The van der Waals surface area contributed by atoms with Crippen molar-refractivity contribution in [1.82, 2.24) is 0 Å². The van der Waals surface area contributed by atoms with E-state index in [0.29, 0.717) is 0 Å². The molecule has 0 heterocycles. The highest BCUT2D eigenvalue weighted by Crippen LogP contribution is 2.68. The van der Waals surface area contributed by atoms with E-state index in [1.54, 1.807) is 0 Å². The van der Waals surface area contributed by atoms with Crippen LogP contribution >= 0.6 is 0 Å². The fraction of sp³-hybridized carbons (Fsp3) is 0.0789. The predicted molar refractivity (Wildman–Crippen MR) is 322 cm³/mol. The number of nitrogens with zero attached hydrogens (tertiary/aromatic N) is 1. The molecule has 1 heteroatoms. The molecule has 0 saturated carbocycles. The van der Waals surface area contributed by atoms with Crippen molar-refractivity contribution in [3.8, 4) is 44.5 Å². The molecule has 4 aliphatic carbocycles. The quantitative estimate of drug-likeness (QED) is 0.171. The van der Waals surface area contributed by atoms with Crippen molar-refractivity contribution >= 4 is 60.2 Å². The Morgan fingerprint density at radius 1 is 0.286 bits per heavy atom. The van der Waals surface area contributed by atoms with Crippen molar-refractivity contribution in [2.45, 2.75) is 37.0 Å². The van der Waals surface area contributed by atoms with Crippen LogP contribution in [0.2, 0.25) is 0 Å². The Balaban J connectivity index is 1.04. The van der Waals surface area contributed by atoms with Gasteiger partial charge < -0.3 is 4.90 Å². The molecule has 0 saturated heterocycles. The second-order valence-corrected chi connectivity index (χ2v) is 23.0. The van der Waals surface area contributed by atoms with Gasteiger partial charge in [0.2, 0.25) is 0 Å². The zero-order chi connectivity index (χ0) is 50.9. The fourth-order valence-electron chi connectivity index (χ4n) is 15.4. The van der Waals surface area contributed by atoms with E-state index in [1.165, 1.54) is 138 Å². The number of fused-ring (bicyclic) bond motifs is 28. The molecule has 13 aromatic carbocycles. The summed E-state index contributed by atoms with van der Waals surface area (Å²) in [5.41, 5.74) is 24.8. The molecular weight excluding hydrogens is 927 g/mol. The molecule has 17 rings (SSSR count). The second kappa shape index (κ2) is 15.2. The molecule has 4 aliphatic rings. The van der Waals surface area contributed by atoms with Crippen molar-refractivity contribution < 1.29 is 0 Å². The summed E-state index contributed by atoms with van der Waals surface area (Å²) < 4.78 is 0. The molecule has 13 aromatic rings.